The quantitative estimate of drug-likeness (QED) is 0.752. The van der Waals surface area contributed by atoms with Gasteiger partial charge < -0.3 is 4.74 Å². The van der Waals surface area contributed by atoms with Crippen molar-refractivity contribution in [2.24, 2.45) is 0 Å². The Morgan fingerprint density at radius 1 is 1.33 bits per heavy atom. The van der Waals surface area contributed by atoms with Crippen LogP contribution < -0.4 is 0 Å². The fourth-order valence-corrected chi connectivity index (χ4v) is 3.69. The summed E-state index contributed by atoms with van der Waals surface area (Å²) in [5.74, 6) is -1.08. The third kappa shape index (κ3) is 4.57. The summed E-state index contributed by atoms with van der Waals surface area (Å²) in [4.78, 5) is 11.9. The molecule has 0 aliphatic rings. The third-order valence-electron chi connectivity index (χ3n) is 2.91. The van der Waals surface area contributed by atoms with Gasteiger partial charge in [-0.2, -0.15) is 5.26 Å². The molecule has 0 aromatic heterocycles. The minimum atomic E-state index is -3.73. The van der Waals surface area contributed by atoms with Crippen molar-refractivity contribution in [3.63, 3.8) is 0 Å². The summed E-state index contributed by atoms with van der Waals surface area (Å²) in [7, 11) is -3.73. The molecule has 1 aromatic carbocycles. The Bertz CT molecular complexity index is 644. The Morgan fingerprint density at radius 3 is 2.48 bits per heavy atom. The van der Waals surface area contributed by atoms with Gasteiger partial charge >= 0.3 is 5.97 Å². The number of nitrogens with zero attached hydrogens (tertiary/aromatic N) is 1. The molecule has 0 radical (unpaired) electrons. The highest BCUT2D eigenvalue weighted by Gasteiger charge is 2.33. The molecule has 0 heterocycles. The van der Waals surface area contributed by atoms with Crippen LogP contribution in [0.4, 0.5) is 0 Å². The van der Waals surface area contributed by atoms with E-state index in [-0.39, 0.29) is 18.3 Å². The first-order valence-electron chi connectivity index (χ1n) is 6.71. The molecule has 0 bridgehead atoms. The fraction of sp³-hybridized carbons (Fsp3) is 0.467. The monoisotopic (exact) mass is 309 g/mol. The summed E-state index contributed by atoms with van der Waals surface area (Å²) < 4.78 is 29.8. The van der Waals surface area contributed by atoms with Gasteiger partial charge in [-0.1, -0.05) is 25.1 Å². The number of hydrogen-bond acceptors (Lipinski definition) is 5. The number of esters is 1. The topological polar surface area (TPSA) is 84.2 Å². The third-order valence-corrected chi connectivity index (χ3v) is 5.02. The number of rotatable bonds is 6. The van der Waals surface area contributed by atoms with Crippen LogP contribution in [0.1, 0.15) is 38.3 Å². The number of ether oxygens (including phenoxy) is 1. The van der Waals surface area contributed by atoms with Crippen LogP contribution in [-0.2, 0) is 25.1 Å². The molecule has 5 nitrogen and oxygen atoms in total. The van der Waals surface area contributed by atoms with Gasteiger partial charge in [-0.25, -0.2) is 8.42 Å². The summed E-state index contributed by atoms with van der Waals surface area (Å²) in [5.41, 5.74) is 0.698. The van der Waals surface area contributed by atoms with Crippen molar-refractivity contribution in [3.8, 4) is 6.07 Å². The summed E-state index contributed by atoms with van der Waals surface area (Å²) in [6, 6.07) is 8.42. The first-order chi connectivity index (χ1) is 9.81. The number of carbonyl (C=O) groups is 1. The Hall–Kier alpha value is -1.87. The van der Waals surface area contributed by atoms with Crippen molar-refractivity contribution in [2.75, 3.05) is 0 Å². The first-order valence-corrected chi connectivity index (χ1v) is 8.43. The lowest BCUT2D eigenvalue weighted by Crippen LogP contribution is -2.34. The van der Waals surface area contributed by atoms with E-state index in [2.05, 4.69) is 0 Å². The highest BCUT2D eigenvalue weighted by atomic mass is 32.2. The van der Waals surface area contributed by atoms with Crippen molar-refractivity contribution < 1.29 is 17.9 Å². The van der Waals surface area contributed by atoms with E-state index in [9.17, 15) is 13.2 Å². The average molecular weight is 309 g/mol. The lowest BCUT2D eigenvalue weighted by Gasteiger charge is -2.17. The zero-order valence-electron chi connectivity index (χ0n) is 12.4. The van der Waals surface area contributed by atoms with Gasteiger partial charge in [0.05, 0.1) is 23.5 Å². The summed E-state index contributed by atoms with van der Waals surface area (Å²) in [6.45, 7) is 4.96. The Labute approximate surface area is 125 Å². The highest BCUT2D eigenvalue weighted by molar-refractivity contribution is 7.92. The lowest BCUT2D eigenvalue weighted by atomic mass is 10.1. The minimum absolute atomic E-state index is 0.141. The SMILES string of the molecule is CCC(C(=O)OC(C)C)S(=O)(=O)Cc1ccccc1C#N. The van der Waals surface area contributed by atoms with Crippen LogP contribution in [0.15, 0.2) is 24.3 Å². The second-order valence-corrected chi connectivity index (χ2v) is 7.14. The molecular formula is C15H19NO4S. The van der Waals surface area contributed by atoms with E-state index >= 15 is 0 Å². The highest BCUT2D eigenvalue weighted by Crippen LogP contribution is 2.18. The maximum atomic E-state index is 12.4. The van der Waals surface area contributed by atoms with E-state index in [1.165, 1.54) is 0 Å². The number of nitriles is 1. The minimum Gasteiger partial charge on any atom is -0.462 e. The number of hydrogen-bond donors (Lipinski definition) is 0. The van der Waals surface area contributed by atoms with Gasteiger partial charge in [-0.05, 0) is 31.9 Å². The molecule has 0 aliphatic heterocycles. The van der Waals surface area contributed by atoms with Crippen LogP contribution in [0.5, 0.6) is 0 Å². The van der Waals surface area contributed by atoms with Crippen LogP contribution in [0.2, 0.25) is 0 Å². The molecule has 0 saturated heterocycles. The van der Waals surface area contributed by atoms with Gasteiger partial charge in [0.25, 0.3) is 0 Å². The smallest absolute Gasteiger partial charge is 0.324 e. The standard InChI is InChI=1S/C15H19NO4S/c1-4-14(15(17)20-11(2)3)21(18,19)10-13-8-6-5-7-12(13)9-16/h5-8,11,14H,4,10H2,1-3H3. The zero-order valence-corrected chi connectivity index (χ0v) is 13.2. The van der Waals surface area contributed by atoms with Gasteiger partial charge in [0, 0.05) is 0 Å². The first kappa shape index (κ1) is 17.2. The molecule has 114 valence electrons. The number of sulfone groups is 1. The zero-order chi connectivity index (χ0) is 16.0. The van der Waals surface area contributed by atoms with Crippen molar-refractivity contribution in [3.05, 3.63) is 35.4 Å². The largest absolute Gasteiger partial charge is 0.462 e. The Morgan fingerprint density at radius 2 is 1.95 bits per heavy atom. The normalized spacial score (nSPS) is 12.7. The van der Waals surface area contributed by atoms with Crippen molar-refractivity contribution in [1.82, 2.24) is 0 Å². The number of carbonyl (C=O) groups excluding carboxylic acids is 1. The van der Waals surface area contributed by atoms with Crippen LogP contribution >= 0.6 is 0 Å². The van der Waals surface area contributed by atoms with Crippen LogP contribution in [-0.4, -0.2) is 25.7 Å². The molecule has 1 aromatic rings. The van der Waals surface area contributed by atoms with E-state index in [4.69, 9.17) is 10.00 Å². The van der Waals surface area contributed by atoms with Gasteiger partial charge in [0.1, 0.15) is 0 Å². The van der Waals surface area contributed by atoms with Crippen LogP contribution in [0, 0.1) is 11.3 Å². The molecule has 1 unspecified atom stereocenters. The summed E-state index contributed by atoms with van der Waals surface area (Å²) >= 11 is 0. The summed E-state index contributed by atoms with van der Waals surface area (Å²) in [6.07, 6.45) is -0.226. The van der Waals surface area contributed by atoms with Crippen LogP contribution in [0.25, 0.3) is 0 Å². The van der Waals surface area contributed by atoms with Gasteiger partial charge in [-0.15, -0.1) is 0 Å². The molecule has 1 atom stereocenters. The fourth-order valence-electron chi connectivity index (χ4n) is 1.95. The summed E-state index contributed by atoms with van der Waals surface area (Å²) in [5, 5.41) is 7.80. The molecule has 0 fully saturated rings. The molecule has 1 rings (SSSR count). The molecule has 6 heteroatoms. The van der Waals surface area contributed by atoms with Crippen molar-refractivity contribution >= 4 is 15.8 Å². The maximum Gasteiger partial charge on any atom is 0.324 e. The molecule has 0 amide bonds. The Balaban J connectivity index is 3.04. The molecule has 0 aliphatic carbocycles. The van der Waals surface area contributed by atoms with E-state index in [0.717, 1.165) is 0 Å². The van der Waals surface area contributed by atoms with Gasteiger partial charge in [0.2, 0.25) is 0 Å². The molecule has 0 N–H and O–H groups in total. The number of benzene rings is 1. The molecule has 0 saturated carbocycles. The Kier molecular flexibility index (Phi) is 5.91. The molecular weight excluding hydrogens is 290 g/mol. The van der Waals surface area contributed by atoms with E-state index in [1.54, 1.807) is 45.0 Å². The lowest BCUT2D eigenvalue weighted by molar-refractivity contribution is -0.146. The van der Waals surface area contributed by atoms with E-state index in [1.807, 2.05) is 6.07 Å². The van der Waals surface area contributed by atoms with Crippen LogP contribution in [0.3, 0.4) is 0 Å². The average Bonchev–Trinajstić information content (AvgIpc) is 2.38. The molecule has 21 heavy (non-hydrogen) atoms. The van der Waals surface area contributed by atoms with Gasteiger partial charge in [0.15, 0.2) is 15.1 Å². The molecule has 0 spiro atoms. The predicted octanol–water partition coefficient (Wildman–Crippen LogP) is 2.20. The van der Waals surface area contributed by atoms with Crippen molar-refractivity contribution in [1.29, 1.82) is 5.26 Å². The van der Waals surface area contributed by atoms with E-state index in [0.29, 0.717) is 11.1 Å². The van der Waals surface area contributed by atoms with Gasteiger partial charge in [-0.3, -0.25) is 4.79 Å². The predicted molar refractivity (Wildman–Crippen MR) is 79.1 cm³/mol. The van der Waals surface area contributed by atoms with Crippen molar-refractivity contribution in [2.45, 2.75) is 44.3 Å². The second-order valence-electron chi connectivity index (χ2n) is 4.96. The van der Waals surface area contributed by atoms with E-state index < -0.39 is 21.1 Å². The second kappa shape index (κ2) is 7.23. The maximum absolute atomic E-state index is 12.4.